The lowest BCUT2D eigenvalue weighted by molar-refractivity contribution is 0.216. The number of rotatable bonds is 5. The summed E-state index contributed by atoms with van der Waals surface area (Å²) in [6, 6.07) is 0. The molecule has 1 saturated heterocycles. The van der Waals surface area contributed by atoms with Crippen LogP contribution in [0.2, 0.25) is 0 Å². The fourth-order valence-electron chi connectivity index (χ4n) is 2.79. The predicted molar refractivity (Wildman–Crippen MR) is 83.6 cm³/mol. The topological polar surface area (TPSA) is 66.6 Å². The van der Waals surface area contributed by atoms with Crippen molar-refractivity contribution in [3.05, 3.63) is 0 Å². The van der Waals surface area contributed by atoms with E-state index in [2.05, 4.69) is 20.8 Å². The van der Waals surface area contributed by atoms with Gasteiger partial charge >= 0.3 is 0 Å². The van der Waals surface area contributed by atoms with Crippen molar-refractivity contribution in [1.29, 1.82) is 0 Å². The van der Waals surface area contributed by atoms with Crippen LogP contribution in [0.3, 0.4) is 0 Å². The maximum absolute atomic E-state index is 12.5. The molecule has 1 aliphatic heterocycles. The Labute approximate surface area is 124 Å². The normalized spacial score (nSPS) is 23.0. The third kappa shape index (κ3) is 4.69. The number of nitrogens with two attached hydrogens (primary N) is 1. The molecular formula is C14H31N3O2S. The molecule has 0 aromatic rings. The summed E-state index contributed by atoms with van der Waals surface area (Å²) in [6.45, 7) is 9.03. The molecule has 20 heavy (non-hydrogen) atoms. The minimum Gasteiger partial charge on any atom is -0.330 e. The highest BCUT2D eigenvalue weighted by molar-refractivity contribution is 7.86. The van der Waals surface area contributed by atoms with Crippen molar-refractivity contribution in [1.82, 2.24) is 8.61 Å². The van der Waals surface area contributed by atoms with Gasteiger partial charge in [0.15, 0.2) is 0 Å². The molecule has 120 valence electrons. The Bertz CT molecular complexity index is 390. The molecule has 1 heterocycles. The lowest BCUT2D eigenvalue weighted by atomic mass is 9.77. The van der Waals surface area contributed by atoms with Crippen molar-refractivity contribution in [3.63, 3.8) is 0 Å². The summed E-state index contributed by atoms with van der Waals surface area (Å²) in [5.74, 6) is 0.594. The highest BCUT2D eigenvalue weighted by Gasteiger charge is 2.32. The molecule has 1 unspecified atom stereocenters. The second-order valence-corrected chi connectivity index (χ2v) is 8.90. The van der Waals surface area contributed by atoms with E-state index < -0.39 is 10.2 Å². The Kier molecular flexibility index (Phi) is 6.44. The van der Waals surface area contributed by atoms with Crippen LogP contribution < -0.4 is 5.73 Å². The van der Waals surface area contributed by atoms with Crippen molar-refractivity contribution in [2.24, 2.45) is 17.1 Å². The van der Waals surface area contributed by atoms with E-state index in [1.807, 2.05) is 0 Å². The van der Waals surface area contributed by atoms with Crippen molar-refractivity contribution in [2.75, 3.05) is 33.2 Å². The largest absolute Gasteiger partial charge is 0.330 e. The minimum absolute atomic E-state index is 0.255. The minimum atomic E-state index is -3.32. The van der Waals surface area contributed by atoms with Gasteiger partial charge in [0.1, 0.15) is 0 Å². The molecule has 0 aromatic heterocycles. The standard InChI is InChI=1S/C14H31N3O2S/c1-14(2,3)13-7-5-11-17(12-8-13)20(18,19)16(4)10-6-9-15/h13H,5-12,15H2,1-4H3. The van der Waals surface area contributed by atoms with Gasteiger partial charge in [-0.3, -0.25) is 0 Å². The van der Waals surface area contributed by atoms with E-state index in [9.17, 15) is 8.42 Å². The van der Waals surface area contributed by atoms with Gasteiger partial charge in [-0.05, 0) is 43.6 Å². The van der Waals surface area contributed by atoms with Gasteiger partial charge < -0.3 is 5.73 Å². The Balaban J connectivity index is 2.68. The van der Waals surface area contributed by atoms with E-state index in [-0.39, 0.29) is 5.41 Å². The van der Waals surface area contributed by atoms with Crippen molar-refractivity contribution >= 4 is 10.2 Å². The van der Waals surface area contributed by atoms with E-state index in [1.54, 1.807) is 11.4 Å². The molecule has 0 aliphatic carbocycles. The monoisotopic (exact) mass is 305 g/mol. The smallest absolute Gasteiger partial charge is 0.281 e. The zero-order valence-electron chi connectivity index (χ0n) is 13.4. The summed E-state index contributed by atoms with van der Waals surface area (Å²) < 4.78 is 28.1. The van der Waals surface area contributed by atoms with Gasteiger partial charge in [-0.2, -0.15) is 17.0 Å². The highest BCUT2D eigenvalue weighted by atomic mass is 32.2. The van der Waals surface area contributed by atoms with Crippen LogP contribution >= 0.6 is 0 Å². The molecule has 0 amide bonds. The molecule has 0 spiro atoms. The third-order valence-electron chi connectivity index (χ3n) is 4.31. The molecule has 1 fully saturated rings. The summed E-state index contributed by atoms with van der Waals surface area (Å²) in [7, 11) is -1.67. The van der Waals surface area contributed by atoms with Crippen molar-refractivity contribution in [3.8, 4) is 0 Å². The van der Waals surface area contributed by atoms with Crippen LogP contribution in [-0.4, -0.2) is 50.3 Å². The second-order valence-electron chi connectivity index (χ2n) is 6.86. The van der Waals surface area contributed by atoms with E-state index in [4.69, 9.17) is 5.73 Å². The third-order valence-corrected chi connectivity index (χ3v) is 6.30. The predicted octanol–water partition coefficient (Wildman–Crippen LogP) is 1.66. The van der Waals surface area contributed by atoms with E-state index in [0.717, 1.165) is 19.3 Å². The van der Waals surface area contributed by atoms with Crippen molar-refractivity contribution in [2.45, 2.75) is 46.5 Å². The van der Waals surface area contributed by atoms with Gasteiger partial charge in [0.2, 0.25) is 0 Å². The zero-order chi connectivity index (χ0) is 15.4. The van der Waals surface area contributed by atoms with E-state index in [0.29, 0.717) is 38.5 Å². The van der Waals surface area contributed by atoms with Crippen LogP contribution in [-0.2, 0) is 10.2 Å². The quantitative estimate of drug-likeness (QED) is 0.840. The summed E-state index contributed by atoms with van der Waals surface area (Å²) in [6.07, 6.45) is 3.72. The molecule has 1 aliphatic rings. The van der Waals surface area contributed by atoms with Crippen LogP contribution in [0, 0.1) is 11.3 Å². The lowest BCUT2D eigenvalue weighted by Crippen LogP contribution is -2.43. The molecule has 0 saturated carbocycles. The van der Waals surface area contributed by atoms with Crippen LogP contribution in [0.25, 0.3) is 0 Å². The SMILES string of the molecule is CN(CCCN)S(=O)(=O)N1CCCC(C(C)(C)C)CC1. The molecule has 0 aromatic carbocycles. The first-order valence-electron chi connectivity index (χ1n) is 7.61. The van der Waals surface area contributed by atoms with Gasteiger partial charge in [0.05, 0.1) is 0 Å². The fraction of sp³-hybridized carbons (Fsp3) is 1.00. The van der Waals surface area contributed by atoms with Crippen LogP contribution in [0.15, 0.2) is 0 Å². The average Bonchev–Trinajstić information content (AvgIpc) is 2.61. The fourth-order valence-corrected chi connectivity index (χ4v) is 4.24. The molecule has 6 heteroatoms. The van der Waals surface area contributed by atoms with Crippen LogP contribution in [0.4, 0.5) is 0 Å². The first-order valence-corrected chi connectivity index (χ1v) is 9.00. The molecule has 5 nitrogen and oxygen atoms in total. The Morgan fingerprint density at radius 3 is 2.45 bits per heavy atom. The molecule has 1 rings (SSSR count). The van der Waals surface area contributed by atoms with E-state index >= 15 is 0 Å². The number of nitrogens with zero attached hydrogens (tertiary/aromatic N) is 2. The van der Waals surface area contributed by atoms with Gasteiger partial charge in [-0.25, -0.2) is 0 Å². The summed E-state index contributed by atoms with van der Waals surface area (Å²) >= 11 is 0. The number of hydrogen-bond donors (Lipinski definition) is 1. The van der Waals surface area contributed by atoms with E-state index in [1.165, 1.54) is 4.31 Å². The molecule has 0 radical (unpaired) electrons. The van der Waals surface area contributed by atoms with Gasteiger partial charge in [0.25, 0.3) is 10.2 Å². The average molecular weight is 305 g/mol. The first kappa shape index (κ1) is 17.9. The molecule has 0 bridgehead atoms. The highest BCUT2D eigenvalue weighted by Crippen LogP contribution is 2.34. The zero-order valence-corrected chi connectivity index (χ0v) is 14.2. The lowest BCUT2D eigenvalue weighted by Gasteiger charge is -2.30. The summed E-state index contributed by atoms with van der Waals surface area (Å²) in [4.78, 5) is 0. The molecular weight excluding hydrogens is 274 g/mol. The Hall–Kier alpha value is -0.170. The maximum Gasteiger partial charge on any atom is 0.281 e. The van der Waals surface area contributed by atoms with Crippen LogP contribution in [0.1, 0.15) is 46.5 Å². The Morgan fingerprint density at radius 2 is 1.90 bits per heavy atom. The summed E-state index contributed by atoms with van der Waals surface area (Å²) in [5.41, 5.74) is 5.71. The first-order chi connectivity index (χ1) is 9.19. The van der Waals surface area contributed by atoms with Crippen LogP contribution in [0.5, 0.6) is 0 Å². The van der Waals surface area contributed by atoms with Gasteiger partial charge in [-0.1, -0.05) is 20.8 Å². The van der Waals surface area contributed by atoms with Crippen molar-refractivity contribution < 1.29 is 8.42 Å². The number of hydrogen-bond acceptors (Lipinski definition) is 3. The van der Waals surface area contributed by atoms with Gasteiger partial charge in [-0.15, -0.1) is 0 Å². The summed E-state index contributed by atoms with van der Waals surface area (Å²) in [5, 5.41) is 0. The van der Waals surface area contributed by atoms with Gasteiger partial charge in [0, 0.05) is 26.7 Å². The molecule has 2 N–H and O–H groups in total. The molecule has 1 atom stereocenters. The Morgan fingerprint density at radius 1 is 1.25 bits per heavy atom. The second kappa shape index (κ2) is 7.20. The maximum atomic E-state index is 12.5.